The molecule has 1 N–H and O–H groups in total. The van der Waals surface area contributed by atoms with E-state index in [2.05, 4.69) is 45.5 Å². The minimum absolute atomic E-state index is 0.0708. The van der Waals surface area contributed by atoms with Crippen molar-refractivity contribution in [3.05, 3.63) is 34.3 Å². The van der Waals surface area contributed by atoms with E-state index < -0.39 is 0 Å². The summed E-state index contributed by atoms with van der Waals surface area (Å²) in [7, 11) is 1.67. The Bertz CT molecular complexity index is 522. The first-order chi connectivity index (χ1) is 11.1. The van der Waals surface area contributed by atoms with E-state index in [0.29, 0.717) is 19.5 Å². The van der Waals surface area contributed by atoms with Crippen LogP contribution in [-0.4, -0.2) is 36.9 Å². The number of halogens is 1. The zero-order chi connectivity index (χ0) is 16.7. The molecule has 0 radical (unpaired) electrons. The monoisotopic (exact) mass is 380 g/mol. The van der Waals surface area contributed by atoms with Crippen LogP contribution in [0.5, 0.6) is 0 Å². The van der Waals surface area contributed by atoms with Gasteiger partial charge in [-0.25, -0.2) is 0 Å². The lowest BCUT2D eigenvalue weighted by Crippen LogP contribution is -2.42. The zero-order valence-corrected chi connectivity index (χ0v) is 15.3. The highest BCUT2D eigenvalue weighted by Gasteiger charge is 2.26. The SMILES string of the molecule is CNC(=O)C1CCN(C(=O)CCCCc2ccc(Br)cc2)CC1. The van der Waals surface area contributed by atoms with E-state index in [1.165, 1.54) is 5.56 Å². The standard InChI is InChI=1S/C18H25BrN2O2/c1-20-18(23)15-10-12-21(13-11-15)17(22)5-3-2-4-14-6-8-16(19)9-7-14/h6-9,15H,2-5,10-13H2,1H3,(H,20,23). The summed E-state index contributed by atoms with van der Waals surface area (Å²) in [5, 5.41) is 2.69. The number of rotatable bonds is 6. The molecule has 0 aromatic heterocycles. The van der Waals surface area contributed by atoms with Gasteiger partial charge >= 0.3 is 0 Å². The fourth-order valence-electron chi connectivity index (χ4n) is 3.01. The van der Waals surface area contributed by atoms with Crippen molar-refractivity contribution in [1.82, 2.24) is 10.2 Å². The smallest absolute Gasteiger partial charge is 0.222 e. The Morgan fingerprint density at radius 3 is 2.43 bits per heavy atom. The summed E-state index contributed by atoms with van der Waals surface area (Å²) in [5.74, 6) is 0.407. The van der Waals surface area contributed by atoms with Gasteiger partial charge in [0.1, 0.15) is 0 Å². The van der Waals surface area contributed by atoms with Gasteiger partial charge in [0.15, 0.2) is 0 Å². The van der Waals surface area contributed by atoms with Gasteiger partial charge in [0.2, 0.25) is 11.8 Å². The van der Waals surface area contributed by atoms with Crippen LogP contribution in [0.4, 0.5) is 0 Å². The molecule has 2 amide bonds. The Hall–Kier alpha value is -1.36. The molecule has 0 saturated carbocycles. The number of carbonyl (C=O) groups excluding carboxylic acids is 2. The van der Waals surface area contributed by atoms with E-state index in [-0.39, 0.29) is 17.7 Å². The number of likely N-dealkylation sites (tertiary alicyclic amines) is 1. The van der Waals surface area contributed by atoms with E-state index >= 15 is 0 Å². The number of benzene rings is 1. The molecule has 1 aliphatic rings. The molecule has 0 unspecified atom stereocenters. The molecule has 0 aliphatic carbocycles. The average molecular weight is 381 g/mol. The number of piperidine rings is 1. The van der Waals surface area contributed by atoms with E-state index in [9.17, 15) is 9.59 Å². The van der Waals surface area contributed by atoms with E-state index in [4.69, 9.17) is 0 Å². The second kappa shape index (κ2) is 9.06. The van der Waals surface area contributed by atoms with Gasteiger partial charge in [-0.2, -0.15) is 0 Å². The number of aryl methyl sites for hydroxylation is 1. The van der Waals surface area contributed by atoms with Crippen LogP contribution in [0.1, 0.15) is 37.7 Å². The maximum atomic E-state index is 12.2. The number of unbranched alkanes of at least 4 members (excludes halogenated alkanes) is 1. The molecule has 2 rings (SSSR count). The third kappa shape index (κ3) is 5.65. The highest BCUT2D eigenvalue weighted by molar-refractivity contribution is 9.10. The van der Waals surface area contributed by atoms with E-state index in [1.54, 1.807) is 7.05 Å². The first kappa shape index (κ1) is 18.0. The van der Waals surface area contributed by atoms with Crippen molar-refractivity contribution in [2.24, 2.45) is 5.92 Å². The molecule has 5 heteroatoms. The van der Waals surface area contributed by atoms with Crippen molar-refractivity contribution < 1.29 is 9.59 Å². The van der Waals surface area contributed by atoms with Crippen molar-refractivity contribution in [3.8, 4) is 0 Å². The molecule has 1 aromatic rings. The van der Waals surface area contributed by atoms with Crippen molar-refractivity contribution in [2.45, 2.75) is 38.5 Å². The second-order valence-electron chi connectivity index (χ2n) is 6.10. The van der Waals surface area contributed by atoms with Gasteiger partial charge in [-0.15, -0.1) is 0 Å². The number of carbonyl (C=O) groups is 2. The highest BCUT2D eigenvalue weighted by Crippen LogP contribution is 2.19. The van der Waals surface area contributed by atoms with Gasteiger partial charge in [-0.1, -0.05) is 28.1 Å². The lowest BCUT2D eigenvalue weighted by molar-refractivity contribution is -0.135. The molecule has 4 nitrogen and oxygen atoms in total. The van der Waals surface area contributed by atoms with Gasteiger partial charge in [0.05, 0.1) is 0 Å². The normalized spacial score (nSPS) is 15.5. The molecule has 23 heavy (non-hydrogen) atoms. The first-order valence-electron chi connectivity index (χ1n) is 8.34. The number of hydrogen-bond donors (Lipinski definition) is 1. The average Bonchev–Trinajstić information content (AvgIpc) is 2.59. The highest BCUT2D eigenvalue weighted by atomic mass is 79.9. The Kier molecular flexibility index (Phi) is 7.09. The van der Waals surface area contributed by atoms with Crippen molar-refractivity contribution in [3.63, 3.8) is 0 Å². The van der Waals surface area contributed by atoms with Gasteiger partial charge in [0.25, 0.3) is 0 Å². The van der Waals surface area contributed by atoms with Crippen molar-refractivity contribution >= 4 is 27.7 Å². The third-order valence-corrected chi connectivity index (χ3v) is 5.01. The summed E-state index contributed by atoms with van der Waals surface area (Å²) in [6, 6.07) is 8.35. The van der Waals surface area contributed by atoms with Crippen molar-refractivity contribution in [2.75, 3.05) is 20.1 Å². The predicted molar refractivity (Wildman–Crippen MR) is 95.1 cm³/mol. The molecule has 1 aliphatic heterocycles. The predicted octanol–water partition coefficient (Wildman–Crippen LogP) is 3.15. The second-order valence-corrected chi connectivity index (χ2v) is 7.02. The Labute approximate surface area is 146 Å². The van der Waals surface area contributed by atoms with Crippen LogP contribution in [0, 0.1) is 5.92 Å². The molecule has 126 valence electrons. The Morgan fingerprint density at radius 2 is 1.83 bits per heavy atom. The van der Waals surface area contributed by atoms with Crippen LogP contribution in [0.25, 0.3) is 0 Å². The summed E-state index contributed by atoms with van der Waals surface area (Å²) in [4.78, 5) is 25.7. The molecule has 1 fully saturated rings. The number of amides is 2. The maximum Gasteiger partial charge on any atom is 0.222 e. The minimum atomic E-state index is 0.0708. The Balaban J connectivity index is 1.64. The van der Waals surface area contributed by atoms with E-state index in [1.807, 2.05) is 4.90 Å². The topological polar surface area (TPSA) is 49.4 Å². The summed E-state index contributed by atoms with van der Waals surface area (Å²) in [5.41, 5.74) is 1.31. The molecular weight excluding hydrogens is 356 g/mol. The van der Waals surface area contributed by atoms with Gasteiger partial charge in [0, 0.05) is 36.9 Å². The quantitative estimate of drug-likeness (QED) is 0.770. The number of hydrogen-bond acceptors (Lipinski definition) is 2. The molecule has 1 saturated heterocycles. The molecule has 0 atom stereocenters. The zero-order valence-electron chi connectivity index (χ0n) is 13.7. The molecule has 0 bridgehead atoms. The summed E-state index contributed by atoms with van der Waals surface area (Å²) >= 11 is 3.43. The molecular formula is C18H25BrN2O2. The van der Waals surface area contributed by atoms with Crippen LogP contribution in [0.15, 0.2) is 28.7 Å². The van der Waals surface area contributed by atoms with Crippen LogP contribution < -0.4 is 5.32 Å². The summed E-state index contributed by atoms with van der Waals surface area (Å²) in [6.07, 6.45) is 5.14. The van der Waals surface area contributed by atoms with E-state index in [0.717, 1.165) is 36.6 Å². The van der Waals surface area contributed by atoms with Crippen LogP contribution >= 0.6 is 15.9 Å². The third-order valence-electron chi connectivity index (χ3n) is 4.48. The largest absolute Gasteiger partial charge is 0.359 e. The lowest BCUT2D eigenvalue weighted by Gasteiger charge is -2.31. The van der Waals surface area contributed by atoms with Gasteiger partial charge < -0.3 is 10.2 Å². The fraction of sp³-hybridized carbons (Fsp3) is 0.556. The van der Waals surface area contributed by atoms with Crippen molar-refractivity contribution in [1.29, 1.82) is 0 Å². The summed E-state index contributed by atoms with van der Waals surface area (Å²) in [6.45, 7) is 1.42. The lowest BCUT2D eigenvalue weighted by atomic mass is 9.95. The first-order valence-corrected chi connectivity index (χ1v) is 9.13. The minimum Gasteiger partial charge on any atom is -0.359 e. The maximum absolute atomic E-state index is 12.2. The van der Waals surface area contributed by atoms with Gasteiger partial charge in [-0.3, -0.25) is 9.59 Å². The Morgan fingerprint density at radius 1 is 1.17 bits per heavy atom. The van der Waals surface area contributed by atoms with Crippen LogP contribution in [0.3, 0.4) is 0 Å². The number of nitrogens with one attached hydrogen (secondary N) is 1. The molecule has 1 heterocycles. The van der Waals surface area contributed by atoms with Crippen LogP contribution in [0.2, 0.25) is 0 Å². The molecule has 1 aromatic carbocycles. The fourth-order valence-corrected chi connectivity index (χ4v) is 3.27. The number of nitrogens with zero attached hydrogens (tertiary/aromatic N) is 1. The van der Waals surface area contributed by atoms with Gasteiger partial charge in [-0.05, 0) is 49.8 Å². The summed E-state index contributed by atoms with van der Waals surface area (Å²) < 4.78 is 1.09. The molecule has 0 spiro atoms. The van der Waals surface area contributed by atoms with Crippen LogP contribution in [-0.2, 0) is 16.0 Å².